The van der Waals surface area contributed by atoms with E-state index in [1.165, 1.54) is 60.8 Å². The fraction of sp³-hybridized carbons (Fsp3) is 0.944. The van der Waals surface area contributed by atoms with E-state index in [0.717, 1.165) is 26.1 Å². The van der Waals surface area contributed by atoms with E-state index < -0.39 is 16.6 Å². The van der Waals surface area contributed by atoms with Crippen molar-refractivity contribution in [3.8, 4) is 0 Å². The second kappa shape index (κ2) is 21.4. The van der Waals surface area contributed by atoms with Crippen molar-refractivity contribution in [2.45, 2.75) is 158 Å². The molecule has 0 aromatic heterocycles. The summed E-state index contributed by atoms with van der Waals surface area (Å²) >= 11 is 6.00. The second-order valence-corrected chi connectivity index (χ2v) is 31.1. The first-order valence-electron chi connectivity index (χ1n) is 18.1. The zero-order valence-electron chi connectivity index (χ0n) is 31.6. The third-order valence-electron chi connectivity index (χ3n) is 10.0. The molecule has 4 atom stereocenters. The van der Waals surface area contributed by atoms with Gasteiger partial charge >= 0.3 is 39.3 Å². The van der Waals surface area contributed by atoms with Crippen LogP contribution in [-0.4, -0.2) is 53.4 Å². The molecule has 0 N–H and O–H groups in total. The Morgan fingerprint density at radius 3 is 1.02 bits per heavy atom. The Morgan fingerprint density at radius 1 is 0.578 bits per heavy atom. The van der Waals surface area contributed by atoms with Gasteiger partial charge in [0.05, 0.1) is 23.5 Å². The summed E-state index contributed by atoms with van der Waals surface area (Å²) in [6, 6.07) is 0.744. The van der Waals surface area contributed by atoms with E-state index in [1.807, 2.05) is 0 Å². The third-order valence-corrected chi connectivity index (χ3v) is 12.2. The molecular weight excluding hydrogens is 767 g/mol. The van der Waals surface area contributed by atoms with Crippen LogP contribution in [0.2, 0.25) is 39.3 Å². The summed E-state index contributed by atoms with van der Waals surface area (Å²) in [6.45, 7) is 34.7. The standard InChI is InChI=1S/C36H72N2O2Si2.2BrH.Ni/c1-25(2)29-17-15-18-30(26(3)4)35(29)37-33(21-23-39-41(9,10)11)34(22-24-40-42(12,13)14)38-36-31(27(5)6)19-16-20-32(36)28(7)8;;;/h25-32,35-36H,15-24H2,1-14H3;2*1H;/q;;;+2/p-2. The van der Waals surface area contributed by atoms with Gasteiger partial charge in [-0.25, -0.2) is 0 Å². The number of rotatable bonds is 15. The van der Waals surface area contributed by atoms with Gasteiger partial charge in [-0.3, -0.25) is 9.98 Å². The van der Waals surface area contributed by atoms with Crippen molar-refractivity contribution >= 4 is 56.5 Å². The number of halogens is 2. The fourth-order valence-corrected chi connectivity index (χ4v) is 9.05. The second-order valence-electron chi connectivity index (χ2n) is 17.1. The van der Waals surface area contributed by atoms with Crippen molar-refractivity contribution in [2.75, 3.05) is 13.2 Å². The average Bonchev–Trinajstić information content (AvgIpc) is 2.90. The molecule has 0 radical (unpaired) electrons. The molecule has 2 saturated carbocycles. The number of hydrogen-bond donors (Lipinski definition) is 0. The zero-order chi connectivity index (χ0) is 34.5. The van der Waals surface area contributed by atoms with Crippen LogP contribution in [0.5, 0.6) is 0 Å². The van der Waals surface area contributed by atoms with Gasteiger partial charge in [0, 0.05) is 26.1 Å². The van der Waals surface area contributed by atoms with Gasteiger partial charge < -0.3 is 8.85 Å². The Morgan fingerprint density at radius 2 is 0.822 bits per heavy atom. The number of nitrogens with zero attached hydrogens (tertiary/aromatic N) is 2. The van der Waals surface area contributed by atoms with Crippen molar-refractivity contribution in [1.82, 2.24) is 0 Å². The molecule has 0 spiro atoms. The summed E-state index contributed by atoms with van der Waals surface area (Å²) in [5.41, 5.74) is 2.48. The molecule has 270 valence electrons. The average molecular weight is 840 g/mol. The van der Waals surface area contributed by atoms with E-state index in [9.17, 15) is 0 Å². The Hall–Kier alpha value is 1.15. The molecule has 2 aliphatic carbocycles. The maximum absolute atomic E-state index is 6.49. The van der Waals surface area contributed by atoms with Gasteiger partial charge in [-0.1, -0.05) is 68.2 Å². The van der Waals surface area contributed by atoms with Crippen LogP contribution in [0.4, 0.5) is 0 Å². The topological polar surface area (TPSA) is 43.2 Å². The molecule has 0 bridgehead atoms. The molecule has 45 heavy (non-hydrogen) atoms. The maximum atomic E-state index is 6.49. The molecule has 2 fully saturated rings. The van der Waals surface area contributed by atoms with Crippen molar-refractivity contribution in [3.63, 3.8) is 0 Å². The van der Waals surface area contributed by atoms with Gasteiger partial charge in [-0.2, -0.15) is 0 Å². The van der Waals surface area contributed by atoms with Crippen LogP contribution in [0.1, 0.15) is 107 Å². The van der Waals surface area contributed by atoms with Crippen LogP contribution >= 0.6 is 28.5 Å². The van der Waals surface area contributed by atoms with E-state index in [1.54, 1.807) is 0 Å². The normalized spacial score (nSPS) is 27.5. The predicted molar refractivity (Wildman–Crippen MR) is 209 cm³/mol. The number of aliphatic imine (C=N–C) groups is 2. The van der Waals surface area contributed by atoms with E-state index in [0.29, 0.717) is 59.4 Å². The first-order valence-corrected chi connectivity index (χ1v) is 29.8. The first kappa shape index (κ1) is 44.2. The molecule has 0 aromatic rings. The molecule has 2 aliphatic rings. The monoisotopic (exact) mass is 836 g/mol. The Balaban J connectivity index is 0.00000324. The van der Waals surface area contributed by atoms with E-state index in [4.69, 9.17) is 18.8 Å². The van der Waals surface area contributed by atoms with Gasteiger partial charge in [0.2, 0.25) is 0 Å². The van der Waals surface area contributed by atoms with Gasteiger partial charge in [0.1, 0.15) is 0 Å². The quantitative estimate of drug-likeness (QED) is 0.122. The Bertz CT molecular complexity index is 785. The third kappa shape index (κ3) is 16.6. The fourth-order valence-electron chi connectivity index (χ4n) is 7.62. The molecule has 0 aromatic carbocycles. The predicted octanol–water partition coefficient (Wildman–Crippen LogP) is 12.2. The van der Waals surface area contributed by atoms with Crippen molar-refractivity contribution in [3.05, 3.63) is 0 Å². The molecule has 4 nitrogen and oxygen atoms in total. The van der Waals surface area contributed by atoms with Crippen LogP contribution in [0, 0.1) is 47.3 Å². The van der Waals surface area contributed by atoms with Crippen LogP contribution in [-0.2, 0) is 19.7 Å². The molecule has 9 heteroatoms. The summed E-state index contributed by atoms with van der Waals surface area (Å²) in [5, 5.41) is 0. The van der Waals surface area contributed by atoms with Crippen LogP contribution in [0.3, 0.4) is 0 Å². The van der Waals surface area contributed by atoms with Crippen molar-refractivity contribution in [2.24, 2.45) is 57.3 Å². The van der Waals surface area contributed by atoms with Crippen LogP contribution in [0.15, 0.2) is 9.98 Å². The molecule has 0 amide bonds. The van der Waals surface area contributed by atoms with E-state index in [-0.39, 0.29) is 0 Å². The van der Waals surface area contributed by atoms with Gasteiger partial charge in [-0.05, 0) is 112 Å². The van der Waals surface area contributed by atoms with Gasteiger partial charge in [-0.15, -0.1) is 0 Å². The van der Waals surface area contributed by atoms with Crippen LogP contribution in [0.25, 0.3) is 0 Å². The molecule has 0 aliphatic heterocycles. The van der Waals surface area contributed by atoms with Crippen molar-refractivity contribution < 1.29 is 19.7 Å². The molecular formula is C36H72Br2N2NiO2Si2. The minimum atomic E-state index is -1.63. The molecule has 2 rings (SSSR count). The van der Waals surface area contributed by atoms with Crippen LogP contribution < -0.4 is 0 Å². The van der Waals surface area contributed by atoms with E-state index in [2.05, 4.69) is 123 Å². The number of hydrogen-bond acceptors (Lipinski definition) is 4. The summed E-state index contributed by atoms with van der Waals surface area (Å²) in [5.74, 6) is 5.13. The first-order chi connectivity index (χ1) is 20.8. The molecule has 0 saturated heterocycles. The van der Waals surface area contributed by atoms with E-state index >= 15 is 0 Å². The Labute approximate surface area is 302 Å². The van der Waals surface area contributed by atoms with Gasteiger partial charge in [0.25, 0.3) is 0 Å². The summed E-state index contributed by atoms with van der Waals surface area (Å²) in [7, 11) is -2.01. The summed E-state index contributed by atoms with van der Waals surface area (Å²) < 4.78 is 13.0. The summed E-state index contributed by atoms with van der Waals surface area (Å²) in [4.78, 5) is 11.7. The molecule has 4 unspecified atom stereocenters. The van der Waals surface area contributed by atoms with Gasteiger partial charge in [0.15, 0.2) is 16.6 Å². The SMILES string of the molecule is CC(C)C1CCCC(C(C)C)C1N=C(CCO[Si](C)(C)C)C(CCO[Si](C)(C)C)=NC1C(C(C)C)CCCC1C(C)C.[Br][Ni][Br]. The molecule has 0 heterocycles. The zero-order valence-corrected chi connectivity index (χ0v) is 37.8. The van der Waals surface area contributed by atoms with Crippen molar-refractivity contribution in [1.29, 1.82) is 0 Å². The Kier molecular flexibility index (Phi) is 21.0. The minimum absolute atomic E-state index is 0.372. The summed E-state index contributed by atoms with van der Waals surface area (Å²) in [6.07, 6.45) is 9.61.